The Hall–Kier alpha value is -2.34. The van der Waals surface area contributed by atoms with Crippen LogP contribution in [0.4, 0.5) is 5.69 Å². The van der Waals surface area contributed by atoms with Crippen molar-refractivity contribution < 1.29 is 4.79 Å². The first-order valence-electron chi connectivity index (χ1n) is 6.95. The zero-order valence-electron chi connectivity index (χ0n) is 12.1. The largest absolute Gasteiger partial charge is 0.320 e. The number of carbonyl (C=O) groups is 1. The van der Waals surface area contributed by atoms with Crippen LogP contribution in [0.5, 0.6) is 0 Å². The molecule has 1 amide bonds. The monoisotopic (exact) mass is 286 g/mol. The van der Waals surface area contributed by atoms with Crippen LogP contribution in [0.15, 0.2) is 35.1 Å². The van der Waals surface area contributed by atoms with Gasteiger partial charge in [0.2, 0.25) is 5.91 Å². The summed E-state index contributed by atoms with van der Waals surface area (Å²) in [5.74, 6) is -0.144. The maximum atomic E-state index is 12.6. The first-order chi connectivity index (χ1) is 10.1. The Morgan fingerprint density at radius 3 is 2.52 bits per heavy atom. The molecule has 0 spiro atoms. The molecule has 0 aliphatic carbocycles. The summed E-state index contributed by atoms with van der Waals surface area (Å²) < 4.78 is 3.32. The fourth-order valence-electron chi connectivity index (χ4n) is 2.41. The number of carbonyl (C=O) groups excluding carboxylic acids is 1. The molecule has 1 saturated heterocycles. The highest BCUT2D eigenvalue weighted by Gasteiger charge is 2.27. The molecule has 110 valence electrons. The highest BCUT2D eigenvalue weighted by Crippen LogP contribution is 2.15. The van der Waals surface area contributed by atoms with E-state index in [-0.39, 0.29) is 17.4 Å². The Balaban J connectivity index is 1.99. The second-order valence-electron chi connectivity index (χ2n) is 5.28. The number of anilines is 1. The van der Waals surface area contributed by atoms with Gasteiger partial charge >= 0.3 is 0 Å². The quantitative estimate of drug-likeness (QED) is 0.870. The zero-order valence-corrected chi connectivity index (χ0v) is 12.1. The number of para-hydroxylation sites is 1. The van der Waals surface area contributed by atoms with Gasteiger partial charge in [0.25, 0.3) is 5.56 Å². The van der Waals surface area contributed by atoms with Gasteiger partial charge in [-0.2, -0.15) is 0 Å². The van der Waals surface area contributed by atoms with Crippen LogP contribution in [0.2, 0.25) is 0 Å². The maximum absolute atomic E-state index is 12.6. The molecule has 1 aromatic heterocycles. The molecule has 2 heterocycles. The maximum Gasteiger partial charge on any atom is 0.295 e. The SMILES string of the molecule is Cc1c(NC(=O)C2CNC2)c(=O)n(-c2ccccc2)n1C. The lowest BCUT2D eigenvalue weighted by atomic mass is 10.0. The third-order valence-corrected chi connectivity index (χ3v) is 3.95. The van der Waals surface area contributed by atoms with E-state index in [4.69, 9.17) is 0 Å². The van der Waals surface area contributed by atoms with Crippen molar-refractivity contribution in [2.24, 2.45) is 13.0 Å². The summed E-state index contributed by atoms with van der Waals surface area (Å²) in [6, 6.07) is 9.38. The Labute approximate surface area is 122 Å². The third-order valence-electron chi connectivity index (χ3n) is 3.95. The van der Waals surface area contributed by atoms with Gasteiger partial charge < -0.3 is 10.6 Å². The lowest BCUT2D eigenvalue weighted by Gasteiger charge is -2.25. The first-order valence-corrected chi connectivity index (χ1v) is 6.95. The van der Waals surface area contributed by atoms with Crippen LogP contribution in [-0.2, 0) is 11.8 Å². The molecule has 1 fully saturated rings. The molecule has 0 unspecified atom stereocenters. The average molecular weight is 286 g/mol. The molecule has 1 aromatic carbocycles. The fourth-order valence-corrected chi connectivity index (χ4v) is 2.41. The molecule has 0 atom stereocenters. The van der Waals surface area contributed by atoms with Crippen LogP contribution in [0.25, 0.3) is 5.69 Å². The molecule has 2 N–H and O–H groups in total. The average Bonchev–Trinajstić information content (AvgIpc) is 2.62. The van der Waals surface area contributed by atoms with Crippen molar-refractivity contribution in [3.63, 3.8) is 0 Å². The number of nitrogens with one attached hydrogen (secondary N) is 2. The third kappa shape index (κ3) is 2.27. The van der Waals surface area contributed by atoms with Crippen LogP contribution >= 0.6 is 0 Å². The van der Waals surface area contributed by atoms with Gasteiger partial charge in [-0.15, -0.1) is 0 Å². The molecule has 0 saturated carbocycles. The second kappa shape index (κ2) is 5.21. The molecule has 3 rings (SSSR count). The predicted molar refractivity (Wildman–Crippen MR) is 80.7 cm³/mol. The molecule has 1 aliphatic rings. The summed E-state index contributed by atoms with van der Waals surface area (Å²) in [5, 5.41) is 5.83. The van der Waals surface area contributed by atoms with Crippen LogP contribution in [0, 0.1) is 12.8 Å². The number of rotatable bonds is 3. The van der Waals surface area contributed by atoms with Crippen LogP contribution in [0.3, 0.4) is 0 Å². The Kier molecular flexibility index (Phi) is 3.39. The van der Waals surface area contributed by atoms with E-state index in [9.17, 15) is 9.59 Å². The van der Waals surface area contributed by atoms with Gasteiger partial charge in [-0.1, -0.05) is 18.2 Å². The number of hydrogen-bond donors (Lipinski definition) is 2. The number of hydrogen-bond acceptors (Lipinski definition) is 3. The Morgan fingerprint density at radius 2 is 1.95 bits per heavy atom. The molecular formula is C15H18N4O2. The van der Waals surface area contributed by atoms with E-state index in [1.54, 1.807) is 9.36 Å². The summed E-state index contributed by atoms with van der Waals surface area (Å²) in [6.45, 7) is 3.17. The molecule has 0 bridgehead atoms. The van der Waals surface area contributed by atoms with E-state index in [1.807, 2.05) is 44.3 Å². The van der Waals surface area contributed by atoms with Gasteiger partial charge in [-0.05, 0) is 19.1 Å². The number of aromatic nitrogens is 2. The van der Waals surface area contributed by atoms with Gasteiger partial charge in [0, 0.05) is 20.1 Å². The standard InChI is InChI=1S/C15H18N4O2/c1-10-13(17-14(20)11-8-16-9-11)15(21)19(18(10)2)12-6-4-3-5-7-12/h3-7,11,16H,8-9H2,1-2H3,(H,17,20). The lowest BCUT2D eigenvalue weighted by molar-refractivity contribution is -0.121. The van der Waals surface area contributed by atoms with Crippen molar-refractivity contribution in [2.75, 3.05) is 18.4 Å². The van der Waals surface area contributed by atoms with E-state index < -0.39 is 0 Å². The van der Waals surface area contributed by atoms with Crippen molar-refractivity contribution in [2.45, 2.75) is 6.92 Å². The topological polar surface area (TPSA) is 68.1 Å². The van der Waals surface area contributed by atoms with Crippen LogP contribution in [-0.4, -0.2) is 28.4 Å². The van der Waals surface area contributed by atoms with Gasteiger partial charge in [-0.3, -0.25) is 14.3 Å². The summed E-state index contributed by atoms with van der Waals surface area (Å²) in [7, 11) is 1.81. The summed E-state index contributed by atoms with van der Waals surface area (Å²) in [4.78, 5) is 24.6. The predicted octanol–water partition coefficient (Wildman–Crippen LogP) is 0.642. The molecule has 6 nitrogen and oxygen atoms in total. The van der Waals surface area contributed by atoms with E-state index >= 15 is 0 Å². The lowest BCUT2D eigenvalue weighted by Crippen LogP contribution is -2.49. The van der Waals surface area contributed by atoms with Crippen molar-refractivity contribution in [1.29, 1.82) is 0 Å². The van der Waals surface area contributed by atoms with Crippen LogP contribution in [0.1, 0.15) is 5.69 Å². The minimum Gasteiger partial charge on any atom is -0.320 e. The molecule has 1 aliphatic heterocycles. The second-order valence-corrected chi connectivity index (χ2v) is 5.28. The minimum atomic E-state index is -0.207. The Morgan fingerprint density at radius 1 is 1.29 bits per heavy atom. The summed E-state index contributed by atoms with van der Waals surface area (Å²) >= 11 is 0. The van der Waals surface area contributed by atoms with Gasteiger partial charge in [0.1, 0.15) is 5.69 Å². The van der Waals surface area contributed by atoms with E-state index in [0.29, 0.717) is 18.8 Å². The van der Waals surface area contributed by atoms with E-state index in [2.05, 4.69) is 10.6 Å². The van der Waals surface area contributed by atoms with E-state index in [1.165, 1.54) is 0 Å². The van der Waals surface area contributed by atoms with Crippen LogP contribution < -0.4 is 16.2 Å². The van der Waals surface area contributed by atoms with Crippen molar-refractivity contribution in [1.82, 2.24) is 14.7 Å². The molecule has 6 heteroatoms. The summed E-state index contributed by atoms with van der Waals surface area (Å²) in [6.07, 6.45) is 0. The zero-order chi connectivity index (χ0) is 15.0. The molecule has 2 aromatic rings. The molecular weight excluding hydrogens is 268 g/mol. The number of benzene rings is 1. The fraction of sp³-hybridized carbons (Fsp3) is 0.333. The van der Waals surface area contributed by atoms with Gasteiger partial charge in [0.05, 0.1) is 17.3 Å². The molecule has 21 heavy (non-hydrogen) atoms. The van der Waals surface area contributed by atoms with E-state index in [0.717, 1.165) is 11.4 Å². The van der Waals surface area contributed by atoms with Gasteiger partial charge in [-0.25, -0.2) is 4.68 Å². The Bertz CT molecular complexity index is 726. The van der Waals surface area contributed by atoms with Crippen molar-refractivity contribution >= 4 is 11.6 Å². The highest BCUT2D eigenvalue weighted by molar-refractivity contribution is 5.93. The smallest absolute Gasteiger partial charge is 0.295 e. The minimum absolute atomic E-state index is 0.0471. The van der Waals surface area contributed by atoms with Crippen molar-refractivity contribution in [3.8, 4) is 5.69 Å². The normalized spacial score (nSPS) is 14.8. The number of amides is 1. The van der Waals surface area contributed by atoms with Crippen molar-refractivity contribution in [3.05, 3.63) is 46.4 Å². The summed E-state index contributed by atoms with van der Waals surface area (Å²) in [5.41, 5.74) is 1.67. The van der Waals surface area contributed by atoms with Gasteiger partial charge in [0.15, 0.2) is 0 Å². The highest BCUT2D eigenvalue weighted by atomic mass is 16.2. The first kappa shape index (κ1) is 13.6. The number of nitrogens with zero attached hydrogens (tertiary/aromatic N) is 2. The molecule has 0 radical (unpaired) electrons.